The number of thiazole rings is 1. The summed E-state index contributed by atoms with van der Waals surface area (Å²) in [5, 5.41) is 6.76. The van der Waals surface area contributed by atoms with Crippen molar-refractivity contribution < 1.29 is 9.53 Å². The summed E-state index contributed by atoms with van der Waals surface area (Å²) in [6.45, 7) is 3.95. The Morgan fingerprint density at radius 2 is 2.12 bits per heavy atom. The zero-order valence-corrected chi connectivity index (χ0v) is 15.5. The molecule has 0 atom stereocenters. The fraction of sp³-hybridized carbons (Fsp3) is 0.250. The molecule has 0 aliphatic heterocycles. The van der Waals surface area contributed by atoms with Crippen molar-refractivity contribution in [1.82, 2.24) is 15.0 Å². The van der Waals surface area contributed by atoms with Crippen LogP contribution >= 0.6 is 22.9 Å². The van der Waals surface area contributed by atoms with Gasteiger partial charge < -0.3 is 15.4 Å². The number of fused-ring (bicyclic) bond motifs is 1. The largest absolute Gasteiger partial charge is 0.480 e. The molecule has 2 amide bonds. The molecule has 7 nitrogen and oxygen atoms in total. The van der Waals surface area contributed by atoms with Crippen molar-refractivity contribution in [3.63, 3.8) is 0 Å². The number of aryl methyl sites for hydroxylation is 2. The lowest BCUT2D eigenvalue weighted by Crippen LogP contribution is -2.20. The van der Waals surface area contributed by atoms with Crippen molar-refractivity contribution in [2.75, 3.05) is 17.7 Å². The number of hydrogen-bond donors (Lipinski definition) is 2. The van der Waals surface area contributed by atoms with E-state index in [0.29, 0.717) is 22.3 Å². The average Bonchev–Trinajstić information content (AvgIpc) is 2.95. The molecule has 0 saturated carbocycles. The number of rotatable bonds is 4. The van der Waals surface area contributed by atoms with E-state index in [0.717, 1.165) is 27.3 Å². The highest BCUT2D eigenvalue weighted by Gasteiger charge is 2.14. The summed E-state index contributed by atoms with van der Waals surface area (Å²) in [4.78, 5) is 26.1. The van der Waals surface area contributed by atoms with Gasteiger partial charge in [0.05, 0.1) is 35.9 Å². The molecular weight excluding hydrogens is 362 g/mol. The van der Waals surface area contributed by atoms with Crippen LogP contribution in [0.25, 0.3) is 10.3 Å². The lowest BCUT2D eigenvalue weighted by molar-refractivity contribution is 0.262. The number of aromatic nitrogens is 3. The molecule has 0 fully saturated rings. The van der Waals surface area contributed by atoms with Crippen LogP contribution < -0.4 is 15.4 Å². The third-order valence-corrected chi connectivity index (χ3v) is 4.65. The van der Waals surface area contributed by atoms with Gasteiger partial charge >= 0.3 is 6.03 Å². The van der Waals surface area contributed by atoms with Gasteiger partial charge in [0.1, 0.15) is 15.4 Å². The van der Waals surface area contributed by atoms with Crippen LogP contribution in [0.15, 0.2) is 18.5 Å². The number of nitrogens with one attached hydrogen (secondary N) is 2. The molecule has 3 heterocycles. The van der Waals surface area contributed by atoms with Crippen molar-refractivity contribution >= 4 is 50.7 Å². The molecule has 0 bridgehead atoms. The summed E-state index contributed by atoms with van der Waals surface area (Å²) in [6, 6.07) is 1.16. The van der Waals surface area contributed by atoms with E-state index in [-0.39, 0.29) is 0 Å². The summed E-state index contributed by atoms with van der Waals surface area (Å²) >= 11 is 7.54. The minimum absolute atomic E-state index is 0.300. The minimum Gasteiger partial charge on any atom is -0.480 e. The van der Waals surface area contributed by atoms with Crippen molar-refractivity contribution in [3.05, 3.63) is 34.1 Å². The van der Waals surface area contributed by atoms with Gasteiger partial charge in [-0.05, 0) is 19.4 Å². The summed E-state index contributed by atoms with van der Waals surface area (Å²) in [7, 11) is 1.48. The highest BCUT2D eigenvalue weighted by Crippen LogP contribution is 2.28. The van der Waals surface area contributed by atoms with Crippen LogP contribution in [-0.2, 0) is 6.42 Å². The number of nitrogens with zero attached hydrogens (tertiary/aromatic N) is 3. The standard InChI is InChI=1S/C16H16ClN5O2S/c1-4-10-12(7-19-15-13(10)20-8(2)25-15)22-16(23)21-9-5-11(17)14(24-3)18-6-9/h5-7H,4H2,1-3H3,(H2,21,22,23). The Balaban J connectivity index is 1.81. The maximum absolute atomic E-state index is 12.3. The molecule has 2 N–H and O–H groups in total. The van der Waals surface area contributed by atoms with Gasteiger partial charge in [-0.1, -0.05) is 29.9 Å². The van der Waals surface area contributed by atoms with Gasteiger partial charge in [-0.2, -0.15) is 0 Å². The average molecular weight is 378 g/mol. The fourth-order valence-electron chi connectivity index (χ4n) is 2.42. The number of anilines is 2. The van der Waals surface area contributed by atoms with E-state index in [1.807, 2.05) is 13.8 Å². The van der Waals surface area contributed by atoms with E-state index in [9.17, 15) is 4.79 Å². The molecular formula is C16H16ClN5O2S. The lowest BCUT2D eigenvalue weighted by Gasteiger charge is -2.11. The van der Waals surface area contributed by atoms with Crippen molar-refractivity contribution in [2.24, 2.45) is 0 Å². The van der Waals surface area contributed by atoms with Crippen LogP contribution in [0, 0.1) is 6.92 Å². The van der Waals surface area contributed by atoms with Crippen molar-refractivity contribution in [1.29, 1.82) is 0 Å². The maximum atomic E-state index is 12.3. The highest BCUT2D eigenvalue weighted by atomic mass is 35.5. The van der Waals surface area contributed by atoms with E-state index < -0.39 is 6.03 Å². The molecule has 0 aliphatic carbocycles. The molecule has 3 aromatic rings. The quantitative estimate of drug-likeness (QED) is 0.709. The van der Waals surface area contributed by atoms with Gasteiger partial charge in [0.2, 0.25) is 5.88 Å². The van der Waals surface area contributed by atoms with Crippen LogP contribution in [0.3, 0.4) is 0 Å². The first kappa shape index (κ1) is 17.4. The van der Waals surface area contributed by atoms with E-state index in [2.05, 4.69) is 25.6 Å². The molecule has 0 unspecified atom stereocenters. The first-order valence-electron chi connectivity index (χ1n) is 7.54. The zero-order chi connectivity index (χ0) is 18.0. The summed E-state index contributed by atoms with van der Waals surface area (Å²) in [6.07, 6.45) is 3.85. The summed E-state index contributed by atoms with van der Waals surface area (Å²) < 4.78 is 4.99. The number of amides is 2. The molecule has 0 radical (unpaired) electrons. The fourth-order valence-corrected chi connectivity index (χ4v) is 3.45. The van der Waals surface area contributed by atoms with E-state index in [1.165, 1.54) is 24.6 Å². The van der Waals surface area contributed by atoms with Crippen LogP contribution in [-0.4, -0.2) is 28.1 Å². The number of ether oxygens (including phenoxy) is 1. The zero-order valence-electron chi connectivity index (χ0n) is 13.9. The van der Waals surface area contributed by atoms with Crippen LogP contribution in [0.4, 0.5) is 16.2 Å². The Hall–Kier alpha value is -2.45. The molecule has 0 aliphatic rings. The normalized spacial score (nSPS) is 10.7. The Kier molecular flexibility index (Phi) is 5.00. The molecule has 0 saturated heterocycles. The highest BCUT2D eigenvalue weighted by molar-refractivity contribution is 7.18. The number of halogens is 1. The topological polar surface area (TPSA) is 89.0 Å². The van der Waals surface area contributed by atoms with Gasteiger partial charge in [0, 0.05) is 5.56 Å². The van der Waals surface area contributed by atoms with Crippen LogP contribution in [0.2, 0.25) is 5.02 Å². The Morgan fingerprint density at radius 1 is 1.32 bits per heavy atom. The second-order valence-corrected chi connectivity index (χ2v) is 6.77. The summed E-state index contributed by atoms with van der Waals surface area (Å²) in [5.41, 5.74) is 2.87. The van der Waals surface area contributed by atoms with Crippen LogP contribution in [0.5, 0.6) is 5.88 Å². The van der Waals surface area contributed by atoms with Crippen molar-refractivity contribution in [2.45, 2.75) is 20.3 Å². The maximum Gasteiger partial charge on any atom is 0.323 e. The molecule has 130 valence electrons. The minimum atomic E-state index is -0.411. The third-order valence-electron chi connectivity index (χ3n) is 3.50. The number of carbonyl (C=O) groups is 1. The predicted molar refractivity (Wildman–Crippen MR) is 100.0 cm³/mol. The lowest BCUT2D eigenvalue weighted by atomic mass is 10.1. The van der Waals surface area contributed by atoms with E-state index >= 15 is 0 Å². The number of urea groups is 1. The first-order valence-corrected chi connectivity index (χ1v) is 8.73. The number of methoxy groups -OCH3 is 1. The Labute approximate surface area is 153 Å². The molecule has 3 aromatic heterocycles. The molecule has 0 aromatic carbocycles. The predicted octanol–water partition coefficient (Wildman–Crippen LogP) is 4.26. The first-order chi connectivity index (χ1) is 12.0. The van der Waals surface area contributed by atoms with Gasteiger partial charge in [-0.3, -0.25) is 0 Å². The van der Waals surface area contributed by atoms with Crippen LogP contribution in [0.1, 0.15) is 17.5 Å². The second kappa shape index (κ2) is 7.20. The van der Waals surface area contributed by atoms with E-state index in [1.54, 1.807) is 12.3 Å². The number of carbonyl (C=O) groups excluding carboxylic acids is 1. The SMILES string of the molecule is CCc1c(NC(=O)Nc2cnc(OC)c(Cl)c2)cnc2sc(C)nc12. The van der Waals surface area contributed by atoms with Gasteiger partial charge in [-0.25, -0.2) is 19.7 Å². The molecule has 25 heavy (non-hydrogen) atoms. The second-order valence-electron chi connectivity index (χ2n) is 5.18. The van der Waals surface area contributed by atoms with Gasteiger partial charge in [0.15, 0.2) is 0 Å². The Morgan fingerprint density at radius 3 is 2.80 bits per heavy atom. The van der Waals surface area contributed by atoms with Gasteiger partial charge in [0.25, 0.3) is 0 Å². The third kappa shape index (κ3) is 3.64. The molecule has 9 heteroatoms. The monoisotopic (exact) mass is 377 g/mol. The van der Waals surface area contributed by atoms with Crippen molar-refractivity contribution in [3.8, 4) is 5.88 Å². The molecule has 3 rings (SSSR count). The number of hydrogen-bond acceptors (Lipinski definition) is 6. The van der Waals surface area contributed by atoms with Gasteiger partial charge in [-0.15, -0.1) is 0 Å². The number of pyridine rings is 2. The molecule has 0 spiro atoms. The Bertz CT molecular complexity index is 944. The smallest absolute Gasteiger partial charge is 0.323 e. The summed E-state index contributed by atoms with van der Waals surface area (Å²) in [5.74, 6) is 0.300. The van der Waals surface area contributed by atoms with E-state index in [4.69, 9.17) is 16.3 Å².